The summed E-state index contributed by atoms with van der Waals surface area (Å²) in [6.07, 6.45) is 0. The Morgan fingerprint density at radius 2 is 1.96 bits per heavy atom. The van der Waals surface area contributed by atoms with Gasteiger partial charge in [-0.15, -0.1) is 0 Å². The van der Waals surface area contributed by atoms with Crippen molar-refractivity contribution >= 4 is 34.6 Å². The molecule has 0 spiro atoms. The molecule has 0 bridgehead atoms. The van der Waals surface area contributed by atoms with Crippen LogP contribution < -0.4 is 15.4 Å². The van der Waals surface area contributed by atoms with Gasteiger partial charge in [0.25, 0.3) is 11.6 Å². The van der Waals surface area contributed by atoms with Gasteiger partial charge in [-0.2, -0.15) is 0 Å². The van der Waals surface area contributed by atoms with Crippen LogP contribution in [0.2, 0.25) is 0 Å². The number of nitro groups is 1. The molecule has 0 radical (unpaired) electrons. The van der Waals surface area contributed by atoms with E-state index in [2.05, 4.69) is 10.6 Å². The molecule has 0 aliphatic carbocycles. The smallest absolute Gasteiger partial charge is 0.274 e. The zero-order valence-corrected chi connectivity index (χ0v) is 16.1. The highest BCUT2D eigenvalue weighted by Gasteiger charge is 2.15. The number of aryl methyl sites for hydroxylation is 1. The van der Waals surface area contributed by atoms with Gasteiger partial charge in [0, 0.05) is 17.3 Å². The van der Waals surface area contributed by atoms with Crippen molar-refractivity contribution in [3.05, 3.63) is 63.7 Å². The van der Waals surface area contributed by atoms with E-state index >= 15 is 0 Å². The van der Waals surface area contributed by atoms with Gasteiger partial charge in [0.15, 0.2) is 5.11 Å². The fourth-order valence-electron chi connectivity index (χ4n) is 2.25. The van der Waals surface area contributed by atoms with Crippen LogP contribution in [0.4, 0.5) is 11.4 Å². The van der Waals surface area contributed by atoms with Crippen LogP contribution in [0.5, 0.6) is 5.75 Å². The van der Waals surface area contributed by atoms with Crippen molar-refractivity contribution in [2.24, 2.45) is 5.92 Å². The summed E-state index contributed by atoms with van der Waals surface area (Å²) in [4.78, 5) is 23.1. The number of nitrogens with zero attached hydrogens (tertiary/aromatic N) is 1. The number of benzene rings is 2. The first-order valence-corrected chi connectivity index (χ1v) is 8.78. The molecule has 2 aromatic carbocycles. The van der Waals surface area contributed by atoms with E-state index < -0.39 is 10.8 Å². The predicted octanol–water partition coefficient (Wildman–Crippen LogP) is 4.06. The number of para-hydroxylation sites is 1. The molecule has 0 unspecified atom stereocenters. The zero-order valence-electron chi connectivity index (χ0n) is 15.3. The summed E-state index contributed by atoms with van der Waals surface area (Å²) < 4.78 is 5.68. The van der Waals surface area contributed by atoms with Gasteiger partial charge in [-0.1, -0.05) is 32.0 Å². The molecule has 0 aliphatic heterocycles. The number of carbonyl (C=O) groups excluding carboxylic acids is 1. The van der Waals surface area contributed by atoms with Crippen LogP contribution in [-0.4, -0.2) is 22.5 Å². The molecule has 0 aliphatic rings. The van der Waals surface area contributed by atoms with E-state index in [1.165, 1.54) is 6.07 Å². The van der Waals surface area contributed by atoms with E-state index in [9.17, 15) is 14.9 Å². The second kappa shape index (κ2) is 9.09. The van der Waals surface area contributed by atoms with Crippen LogP contribution in [0.3, 0.4) is 0 Å². The molecule has 2 rings (SSSR count). The Morgan fingerprint density at radius 1 is 1.26 bits per heavy atom. The lowest BCUT2D eigenvalue weighted by Gasteiger charge is -2.14. The van der Waals surface area contributed by atoms with Crippen molar-refractivity contribution in [3.63, 3.8) is 0 Å². The van der Waals surface area contributed by atoms with Crippen LogP contribution >= 0.6 is 12.2 Å². The van der Waals surface area contributed by atoms with Crippen molar-refractivity contribution in [2.45, 2.75) is 20.8 Å². The Hall–Kier alpha value is -3.00. The van der Waals surface area contributed by atoms with Crippen LogP contribution in [0.1, 0.15) is 29.8 Å². The van der Waals surface area contributed by atoms with Gasteiger partial charge in [0.1, 0.15) is 5.75 Å². The van der Waals surface area contributed by atoms with Crippen molar-refractivity contribution < 1.29 is 14.5 Å². The molecular formula is C19H21N3O4S. The minimum Gasteiger partial charge on any atom is -0.492 e. The Bertz CT molecular complexity index is 868. The maximum atomic E-state index is 12.5. The van der Waals surface area contributed by atoms with Gasteiger partial charge in [-0.05, 0) is 43.3 Å². The zero-order chi connectivity index (χ0) is 20.0. The molecule has 0 atom stereocenters. The molecule has 27 heavy (non-hydrogen) atoms. The maximum Gasteiger partial charge on any atom is 0.274 e. The van der Waals surface area contributed by atoms with Crippen molar-refractivity contribution in [1.29, 1.82) is 0 Å². The highest BCUT2D eigenvalue weighted by Crippen LogP contribution is 2.22. The first-order chi connectivity index (χ1) is 12.8. The highest BCUT2D eigenvalue weighted by atomic mass is 32.1. The Kier molecular flexibility index (Phi) is 6.84. The monoisotopic (exact) mass is 387 g/mol. The van der Waals surface area contributed by atoms with E-state index in [0.717, 1.165) is 0 Å². The molecule has 1 amide bonds. The molecule has 2 aromatic rings. The lowest BCUT2D eigenvalue weighted by Crippen LogP contribution is -2.34. The highest BCUT2D eigenvalue weighted by molar-refractivity contribution is 7.80. The topological polar surface area (TPSA) is 93.5 Å². The number of ether oxygens (including phenoxy) is 1. The molecule has 2 N–H and O–H groups in total. The number of nitrogens with one attached hydrogen (secondary N) is 2. The Labute approximate surface area is 162 Å². The summed E-state index contributed by atoms with van der Waals surface area (Å²) in [5.74, 6) is 0.368. The lowest BCUT2D eigenvalue weighted by molar-refractivity contribution is -0.385. The molecular weight excluding hydrogens is 366 g/mol. The average Bonchev–Trinajstić information content (AvgIpc) is 2.61. The van der Waals surface area contributed by atoms with Gasteiger partial charge in [0.05, 0.1) is 17.1 Å². The Morgan fingerprint density at radius 3 is 2.63 bits per heavy atom. The summed E-state index contributed by atoms with van der Waals surface area (Å²) in [7, 11) is 0. The molecule has 0 heterocycles. The average molecular weight is 387 g/mol. The normalized spacial score (nSPS) is 10.4. The third kappa shape index (κ3) is 5.75. The Balaban J connectivity index is 2.07. The van der Waals surface area contributed by atoms with Crippen LogP contribution in [-0.2, 0) is 0 Å². The number of hydrogen-bond donors (Lipinski definition) is 2. The summed E-state index contributed by atoms with van der Waals surface area (Å²) in [5, 5.41) is 16.4. The van der Waals surface area contributed by atoms with E-state index in [0.29, 0.717) is 35.1 Å². The van der Waals surface area contributed by atoms with Crippen LogP contribution in [0, 0.1) is 23.0 Å². The van der Waals surface area contributed by atoms with E-state index in [4.69, 9.17) is 17.0 Å². The van der Waals surface area contributed by atoms with Gasteiger partial charge >= 0.3 is 0 Å². The van der Waals surface area contributed by atoms with E-state index in [-0.39, 0.29) is 10.8 Å². The number of nitro benzene ring substituents is 1. The van der Waals surface area contributed by atoms with Crippen LogP contribution in [0.15, 0.2) is 42.5 Å². The second-order valence-electron chi connectivity index (χ2n) is 6.37. The maximum absolute atomic E-state index is 12.5. The number of carbonyl (C=O) groups is 1. The third-order valence-corrected chi connectivity index (χ3v) is 3.80. The summed E-state index contributed by atoms with van der Waals surface area (Å²) in [5.41, 5.74) is 1.29. The largest absolute Gasteiger partial charge is 0.492 e. The second-order valence-corrected chi connectivity index (χ2v) is 6.78. The minimum absolute atomic E-state index is 0.0263. The van der Waals surface area contributed by atoms with Crippen molar-refractivity contribution in [3.8, 4) is 5.75 Å². The van der Waals surface area contributed by atoms with Gasteiger partial charge in [-0.25, -0.2) is 0 Å². The first kappa shape index (κ1) is 20.3. The predicted molar refractivity (Wildman–Crippen MR) is 108 cm³/mol. The molecule has 0 saturated heterocycles. The minimum atomic E-state index is -0.468. The number of hydrogen-bond acceptors (Lipinski definition) is 5. The number of thiocarbonyl (C=S) groups is 1. The van der Waals surface area contributed by atoms with Crippen molar-refractivity contribution in [2.75, 3.05) is 11.9 Å². The number of amides is 1. The van der Waals surface area contributed by atoms with Gasteiger partial charge in [-0.3, -0.25) is 20.2 Å². The van der Waals surface area contributed by atoms with E-state index in [1.54, 1.807) is 43.3 Å². The quantitative estimate of drug-likeness (QED) is 0.441. The molecule has 0 fully saturated rings. The van der Waals surface area contributed by atoms with Crippen molar-refractivity contribution in [1.82, 2.24) is 5.32 Å². The van der Waals surface area contributed by atoms with Crippen LogP contribution in [0.25, 0.3) is 0 Å². The third-order valence-electron chi connectivity index (χ3n) is 3.59. The lowest BCUT2D eigenvalue weighted by atomic mass is 10.2. The van der Waals surface area contributed by atoms with Gasteiger partial charge < -0.3 is 10.1 Å². The van der Waals surface area contributed by atoms with E-state index in [1.807, 2.05) is 13.8 Å². The van der Waals surface area contributed by atoms with Gasteiger partial charge in [0.2, 0.25) is 0 Å². The first-order valence-electron chi connectivity index (χ1n) is 8.37. The fourth-order valence-corrected chi connectivity index (χ4v) is 2.46. The SMILES string of the molecule is Cc1ccc(NC(=S)NC(=O)c2ccccc2OCC(C)C)cc1[N+](=O)[O-]. The molecule has 8 heteroatoms. The molecule has 0 aromatic heterocycles. The molecule has 0 saturated carbocycles. The summed E-state index contributed by atoms with van der Waals surface area (Å²) >= 11 is 5.15. The molecule has 142 valence electrons. The fraction of sp³-hybridized carbons (Fsp3) is 0.263. The summed E-state index contributed by atoms with van der Waals surface area (Å²) in [6, 6.07) is 11.5. The number of anilines is 1. The summed E-state index contributed by atoms with van der Waals surface area (Å²) in [6.45, 7) is 6.17. The molecule has 7 nitrogen and oxygen atoms in total. The number of rotatable bonds is 6. The standard InChI is InChI=1S/C19H21N3O4S/c1-12(2)11-26-17-7-5-4-6-15(17)18(23)21-19(27)20-14-9-8-13(3)16(10-14)22(24)25/h4-10,12H,11H2,1-3H3,(H2,20,21,23,27).